The third-order valence-corrected chi connectivity index (χ3v) is 2.28. The Bertz CT molecular complexity index is 548. The van der Waals surface area contributed by atoms with Gasteiger partial charge in [-0.1, -0.05) is 6.92 Å². The summed E-state index contributed by atoms with van der Waals surface area (Å²) < 4.78 is 14.8. The molecule has 1 heterocycles. The Morgan fingerprint density at radius 2 is 2.27 bits per heavy atom. The molecule has 1 aromatic carbocycles. The highest BCUT2D eigenvalue weighted by Gasteiger charge is 2.04. The van der Waals surface area contributed by atoms with E-state index < -0.39 is 5.82 Å². The van der Waals surface area contributed by atoms with Gasteiger partial charge in [-0.25, -0.2) is 4.39 Å². The van der Waals surface area contributed by atoms with Crippen molar-refractivity contribution in [3.05, 3.63) is 40.7 Å². The van der Waals surface area contributed by atoms with E-state index in [2.05, 4.69) is 4.98 Å². The third-order valence-electron chi connectivity index (χ3n) is 2.28. The van der Waals surface area contributed by atoms with Crippen LogP contribution < -0.4 is 5.56 Å². The molecule has 0 atom stereocenters. The van der Waals surface area contributed by atoms with Gasteiger partial charge < -0.3 is 4.57 Å². The minimum atomic E-state index is -0.407. The predicted molar refractivity (Wildman–Crippen MR) is 56.3 cm³/mol. The van der Waals surface area contributed by atoms with Crippen molar-refractivity contribution in [2.45, 2.75) is 19.9 Å². The smallest absolute Gasteiger partial charge is 0.280 e. The van der Waals surface area contributed by atoms with Crippen LogP contribution in [0.25, 0.3) is 10.9 Å². The third kappa shape index (κ3) is 1.75. The molecule has 4 heteroatoms. The fraction of sp³-hybridized carbons (Fsp3) is 0.273. The molecule has 0 fully saturated rings. The fourth-order valence-electron chi connectivity index (χ4n) is 1.60. The van der Waals surface area contributed by atoms with E-state index in [9.17, 15) is 9.18 Å². The number of nitrogens with zero attached hydrogens (tertiary/aromatic N) is 2. The lowest BCUT2D eigenvalue weighted by Gasteiger charge is -2.07. The summed E-state index contributed by atoms with van der Waals surface area (Å²) in [5, 5.41) is 0.339. The molecular formula is C11H11FN2O. The zero-order valence-electron chi connectivity index (χ0n) is 8.40. The minimum Gasteiger partial charge on any atom is -0.332 e. The largest absolute Gasteiger partial charge is 0.332 e. The summed E-state index contributed by atoms with van der Waals surface area (Å²) in [5.74, 6) is -0.407. The molecule has 3 nitrogen and oxygen atoms in total. The van der Waals surface area contributed by atoms with E-state index in [4.69, 9.17) is 0 Å². The standard InChI is InChI=1S/C11H11FN2O/c1-2-5-14-7-13-11(15)9-6-8(12)3-4-10(9)14/h3-4,6-7H,2,5H2,1H3. The van der Waals surface area contributed by atoms with Crippen molar-refractivity contribution in [1.82, 2.24) is 9.55 Å². The molecule has 0 aliphatic heterocycles. The van der Waals surface area contributed by atoms with E-state index in [-0.39, 0.29) is 5.56 Å². The van der Waals surface area contributed by atoms with Gasteiger partial charge in [0, 0.05) is 6.54 Å². The molecule has 15 heavy (non-hydrogen) atoms. The van der Waals surface area contributed by atoms with Gasteiger partial charge in [0.15, 0.2) is 0 Å². The molecule has 2 aromatic rings. The minimum absolute atomic E-state index is 0.339. The normalized spacial score (nSPS) is 10.8. The van der Waals surface area contributed by atoms with Gasteiger partial charge in [0.2, 0.25) is 0 Å². The number of benzene rings is 1. The molecule has 1 aromatic heterocycles. The quantitative estimate of drug-likeness (QED) is 0.752. The number of aryl methyl sites for hydroxylation is 1. The Balaban J connectivity index is 2.76. The number of fused-ring (bicyclic) bond motifs is 1. The van der Waals surface area contributed by atoms with Crippen LogP contribution in [0.5, 0.6) is 0 Å². The van der Waals surface area contributed by atoms with Crippen molar-refractivity contribution in [3.63, 3.8) is 0 Å². The Hall–Kier alpha value is -1.71. The number of halogens is 1. The van der Waals surface area contributed by atoms with Crippen molar-refractivity contribution in [1.29, 1.82) is 0 Å². The summed E-state index contributed by atoms with van der Waals surface area (Å²) in [6.45, 7) is 2.81. The van der Waals surface area contributed by atoms with Crippen LogP contribution in [0.3, 0.4) is 0 Å². The van der Waals surface area contributed by atoms with Gasteiger partial charge in [-0.3, -0.25) is 4.79 Å². The van der Waals surface area contributed by atoms with E-state index in [0.717, 1.165) is 18.5 Å². The summed E-state index contributed by atoms with van der Waals surface area (Å²) in [4.78, 5) is 15.1. The molecule has 0 saturated carbocycles. The summed E-state index contributed by atoms with van der Waals surface area (Å²) >= 11 is 0. The van der Waals surface area contributed by atoms with Crippen LogP contribution >= 0.6 is 0 Å². The zero-order valence-corrected chi connectivity index (χ0v) is 8.40. The average Bonchev–Trinajstić information content (AvgIpc) is 2.23. The second kappa shape index (κ2) is 3.81. The van der Waals surface area contributed by atoms with Crippen molar-refractivity contribution >= 4 is 10.9 Å². The molecule has 78 valence electrons. The van der Waals surface area contributed by atoms with Crippen LogP contribution in [0.4, 0.5) is 4.39 Å². The monoisotopic (exact) mass is 206 g/mol. The summed E-state index contributed by atoms with van der Waals surface area (Å²) in [6, 6.07) is 4.20. The van der Waals surface area contributed by atoms with Gasteiger partial charge in [-0.15, -0.1) is 0 Å². The van der Waals surface area contributed by atoms with Crippen LogP contribution in [-0.4, -0.2) is 9.55 Å². The van der Waals surface area contributed by atoms with E-state index in [1.807, 2.05) is 11.5 Å². The van der Waals surface area contributed by atoms with Crippen molar-refractivity contribution in [2.24, 2.45) is 0 Å². The van der Waals surface area contributed by atoms with Gasteiger partial charge in [0.1, 0.15) is 5.82 Å². The summed E-state index contributed by atoms with van der Waals surface area (Å²) in [5.41, 5.74) is 0.357. The van der Waals surface area contributed by atoms with Gasteiger partial charge in [-0.05, 0) is 24.6 Å². The first-order valence-electron chi connectivity index (χ1n) is 4.87. The fourth-order valence-corrected chi connectivity index (χ4v) is 1.60. The Morgan fingerprint density at radius 3 is 3.00 bits per heavy atom. The van der Waals surface area contributed by atoms with Crippen LogP contribution in [-0.2, 0) is 6.54 Å². The van der Waals surface area contributed by atoms with Gasteiger partial charge in [0.25, 0.3) is 5.56 Å². The maximum absolute atomic E-state index is 13.0. The average molecular weight is 206 g/mol. The lowest BCUT2D eigenvalue weighted by atomic mass is 10.2. The number of hydrogen-bond donors (Lipinski definition) is 0. The first kappa shape index (κ1) is 9.83. The van der Waals surface area contributed by atoms with E-state index in [1.165, 1.54) is 18.5 Å². The SMILES string of the molecule is CCCn1cnc(=O)c2cc(F)ccc21. The highest BCUT2D eigenvalue weighted by molar-refractivity contribution is 5.77. The Labute approximate surface area is 86.2 Å². The molecule has 2 rings (SSSR count). The Morgan fingerprint density at radius 1 is 1.47 bits per heavy atom. The molecule has 0 N–H and O–H groups in total. The first-order valence-corrected chi connectivity index (χ1v) is 4.87. The van der Waals surface area contributed by atoms with Crippen LogP contribution in [0, 0.1) is 5.82 Å². The van der Waals surface area contributed by atoms with Gasteiger partial charge in [-0.2, -0.15) is 4.98 Å². The molecule has 0 aliphatic rings. The lowest BCUT2D eigenvalue weighted by molar-refractivity contribution is 0.627. The molecule has 0 amide bonds. The highest BCUT2D eigenvalue weighted by Crippen LogP contribution is 2.11. The molecule has 0 unspecified atom stereocenters. The maximum Gasteiger partial charge on any atom is 0.280 e. The molecule has 0 saturated heterocycles. The number of hydrogen-bond acceptors (Lipinski definition) is 2. The lowest BCUT2D eigenvalue weighted by Crippen LogP contribution is -2.12. The highest BCUT2D eigenvalue weighted by atomic mass is 19.1. The Kier molecular flexibility index (Phi) is 2.49. The number of rotatable bonds is 2. The predicted octanol–water partition coefficient (Wildman–Crippen LogP) is 1.95. The van der Waals surface area contributed by atoms with E-state index in [0.29, 0.717) is 5.39 Å². The van der Waals surface area contributed by atoms with Crippen LogP contribution in [0.15, 0.2) is 29.3 Å². The second-order valence-electron chi connectivity index (χ2n) is 3.40. The summed E-state index contributed by atoms with van der Waals surface area (Å²) in [7, 11) is 0. The summed E-state index contributed by atoms with van der Waals surface area (Å²) in [6.07, 6.45) is 2.45. The van der Waals surface area contributed by atoms with Crippen molar-refractivity contribution in [2.75, 3.05) is 0 Å². The van der Waals surface area contributed by atoms with Crippen molar-refractivity contribution < 1.29 is 4.39 Å². The van der Waals surface area contributed by atoms with E-state index >= 15 is 0 Å². The maximum atomic E-state index is 13.0. The van der Waals surface area contributed by atoms with Gasteiger partial charge >= 0.3 is 0 Å². The van der Waals surface area contributed by atoms with Crippen molar-refractivity contribution in [3.8, 4) is 0 Å². The van der Waals surface area contributed by atoms with Crippen LogP contribution in [0.1, 0.15) is 13.3 Å². The molecule has 0 radical (unpaired) electrons. The topological polar surface area (TPSA) is 34.9 Å². The zero-order chi connectivity index (χ0) is 10.8. The molecule has 0 spiro atoms. The van der Waals surface area contributed by atoms with E-state index in [1.54, 1.807) is 6.07 Å². The first-order chi connectivity index (χ1) is 7.22. The molecule has 0 bridgehead atoms. The number of aromatic nitrogens is 2. The molecule has 0 aliphatic carbocycles. The second-order valence-corrected chi connectivity index (χ2v) is 3.40. The molecular weight excluding hydrogens is 195 g/mol. The van der Waals surface area contributed by atoms with Gasteiger partial charge in [0.05, 0.1) is 17.2 Å². The van der Waals surface area contributed by atoms with Crippen LogP contribution in [0.2, 0.25) is 0 Å².